The number of rotatable bonds is 7. The SMILES string of the molecule is CN(CCCn1ccnc1)CCC(=O)O. The highest BCUT2D eigenvalue weighted by Gasteiger charge is 2.01. The third kappa shape index (κ3) is 5.17. The first-order valence-corrected chi connectivity index (χ1v) is 5.04. The second-order valence-electron chi connectivity index (χ2n) is 3.60. The lowest BCUT2D eigenvalue weighted by Gasteiger charge is -2.14. The summed E-state index contributed by atoms with van der Waals surface area (Å²) in [4.78, 5) is 16.3. The molecule has 0 saturated heterocycles. The van der Waals surface area contributed by atoms with E-state index in [-0.39, 0.29) is 6.42 Å². The van der Waals surface area contributed by atoms with Crippen molar-refractivity contribution in [2.75, 3.05) is 20.1 Å². The van der Waals surface area contributed by atoms with Gasteiger partial charge < -0.3 is 14.6 Å². The minimum Gasteiger partial charge on any atom is -0.481 e. The largest absolute Gasteiger partial charge is 0.481 e. The molecule has 0 bridgehead atoms. The summed E-state index contributed by atoms with van der Waals surface area (Å²) in [6, 6.07) is 0. The summed E-state index contributed by atoms with van der Waals surface area (Å²) in [5, 5.41) is 8.50. The van der Waals surface area contributed by atoms with Crippen LogP contribution in [-0.4, -0.2) is 45.7 Å². The van der Waals surface area contributed by atoms with Crippen molar-refractivity contribution >= 4 is 5.97 Å². The second-order valence-corrected chi connectivity index (χ2v) is 3.60. The molecule has 5 heteroatoms. The Bertz CT molecular complexity index is 285. The smallest absolute Gasteiger partial charge is 0.304 e. The van der Waals surface area contributed by atoms with Gasteiger partial charge in [-0.05, 0) is 20.0 Å². The van der Waals surface area contributed by atoms with Gasteiger partial charge in [0.2, 0.25) is 0 Å². The van der Waals surface area contributed by atoms with E-state index in [1.807, 2.05) is 22.7 Å². The van der Waals surface area contributed by atoms with Gasteiger partial charge in [-0.2, -0.15) is 0 Å². The van der Waals surface area contributed by atoms with Crippen LogP contribution in [0.1, 0.15) is 12.8 Å². The monoisotopic (exact) mass is 211 g/mol. The molecule has 0 aromatic carbocycles. The van der Waals surface area contributed by atoms with Crippen LogP contribution in [-0.2, 0) is 11.3 Å². The third-order valence-corrected chi connectivity index (χ3v) is 2.22. The lowest BCUT2D eigenvalue weighted by atomic mass is 10.3. The number of nitrogens with zero attached hydrogens (tertiary/aromatic N) is 3. The van der Waals surface area contributed by atoms with Gasteiger partial charge in [0.25, 0.3) is 0 Å². The fraction of sp³-hybridized carbons (Fsp3) is 0.600. The van der Waals surface area contributed by atoms with Crippen LogP contribution in [0.4, 0.5) is 0 Å². The van der Waals surface area contributed by atoms with Gasteiger partial charge in [-0.3, -0.25) is 4.79 Å². The quantitative estimate of drug-likeness (QED) is 0.720. The number of carbonyl (C=O) groups is 1. The molecule has 0 spiro atoms. The highest BCUT2D eigenvalue weighted by Crippen LogP contribution is 1.94. The fourth-order valence-electron chi connectivity index (χ4n) is 1.34. The molecule has 0 aliphatic heterocycles. The maximum atomic E-state index is 10.3. The number of hydrogen-bond acceptors (Lipinski definition) is 3. The van der Waals surface area contributed by atoms with E-state index in [0.717, 1.165) is 19.5 Å². The number of carboxylic acids is 1. The van der Waals surface area contributed by atoms with E-state index >= 15 is 0 Å². The van der Waals surface area contributed by atoms with Crippen LogP contribution >= 0.6 is 0 Å². The molecular formula is C10H17N3O2. The summed E-state index contributed by atoms with van der Waals surface area (Å²) >= 11 is 0. The molecule has 84 valence electrons. The molecule has 1 N–H and O–H groups in total. The molecular weight excluding hydrogens is 194 g/mol. The standard InChI is InChI=1S/C10H17N3O2/c1-12(7-3-10(14)15)5-2-6-13-8-4-11-9-13/h4,8-9H,2-3,5-7H2,1H3,(H,14,15). The number of aliphatic carboxylic acids is 1. The van der Waals surface area contributed by atoms with Crippen molar-refractivity contribution in [2.45, 2.75) is 19.4 Å². The van der Waals surface area contributed by atoms with E-state index in [1.54, 1.807) is 12.5 Å². The molecule has 1 aromatic rings. The van der Waals surface area contributed by atoms with Gasteiger partial charge in [-0.25, -0.2) is 4.98 Å². The van der Waals surface area contributed by atoms with Crippen LogP contribution in [0.3, 0.4) is 0 Å². The predicted molar refractivity (Wildman–Crippen MR) is 56.6 cm³/mol. The normalized spacial score (nSPS) is 10.8. The highest BCUT2D eigenvalue weighted by atomic mass is 16.4. The zero-order valence-corrected chi connectivity index (χ0v) is 8.96. The van der Waals surface area contributed by atoms with E-state index in [0.29, 0.717) is 6.54 Å². The number of imidazole rings is 1. The summed E-state index contributed by atoms with van der Waals surface area (Å²) in [7, 11) is 1.94. The molecule has 1 rings (SSSR count). The first kappa shape index (κ1) is 11.7. The topological polar surface area (TPSA) is 58.4 Å². The Labute approximate surface area is 89.3 Å². The summed E-state index contributed by atoms with van der Waals surface area (Å²) in [5.74, 6) is -0.739. The first-order chi connectivity index (χ1) is 7.18. The van der Waals surface area contributed by atoms with E-state index < -0.39 is 5.97 Å². The summed E-state index contributed by atoms with van der Waals surface area (Å²) in [5.41, 5.74) is 0. The number of aryl methyl sites for hydroxylation is 1. The Morgan fingerprint density at radius 1 is 1.53 bits per heavy atom. The fourth-order valence-corrected chi connectivity index (χ4v) is 1.34. The summed E-state index contributed by atoms with van der Waals surface area (Å²) in [6.07, 6.45) is 6.69. The maximum Gasteiger partial charge on any atom is 0.304 e. The number of aromatic nitrogens is 2. The third-order valence-electron chi connectivity index (χ3n) is 2.22. The van der Waals surface area contributed by atoms with Gasteiger partial charge in [-0.15, -0.1) is 0 Å². The molecule has 1 aromatic heterocycles. The lowest BCUT2D eigenvalue weighted by Crippen LogP contribution is -2.23. The van der Waals surface area contributed by atoms with E-state index in [4.69, 9.17) is 5.11 Å². The van der Waals surface area contributed by atoms with E-state index in [9.17, 15) is 4.79 Å². The van der Waals surface area contributed by atoms with Gasteiger partial charge >= 0.3 is 5.97 Å². The minimum atomic E-state index is -0.739. The van der Waals surface area contributed by atoms with Crippen molar-refractivity contribution < 1.29 is 9.90 Å². The van der Waals surface area contributed by atoms with Gasteiger partial charge in [0.1, 0.15) is 0 Å². The van der Waals surface area contributed by atoms with Crippen LogP contribution in [0.15, 0.2) is 18.7 Å². The Morgan fingerprint density at radius 3 is 2.93 bits per heavy atom. The van der Waals surface area contributed by atoms with Crippen molar-refractivity contribution in [1.82, 2.24) is 14.5 Å². The van der Waals surface area contributed by atoms with Crippen molar-refractivity contribution in [3.63, 3.8) is 0 Å². The van der Waals surface area contributed by atoms with Crippen molar-refractivity contribution in [2.24, 2.45) is 0 Å². The Kier molecular flexibility index (Phi) is 4.83. The minimum absolute atomic E-state index is 0.210. The molecule has 0 unspecified atom stereocenters. The maximum absolute atomic E-state index is 10.3. The summed E-state index contributed by atoms with van der Waals surface area (Å²) < 4.78 is 2.02. The van der Waals surface area contributed by atoms with Crippen molar-refractivity contribution in [3.05, 3.63) is 18.7 Å². The Hall–Kier alpha value is -1.36. The van der Waals surface area contributed by atoms with Gasteiger partial charge in [-0.1, -0.05) is 0 Å². The highest BCUT2D eigenvalue weighted by molar-refractivity contribution is 5.66. The molecule has 0 aliphatic rings. The zero-order chi connectivity index (χ0) is 11.1. The van der Waals surface area contributed by atoms with Crippen molar-refractivity contribution in [1.29, 1.82) is 0 Å². The second kappa shape index (κ2) is 6.19. The molecule has 0 atom stereocenters. The van der Waals surface area contributed by atoms with Gasteiger partial charge in [0, 0.05) is 25.5 Å². The molecule has 0 aliphatic carbocycles. The van der Waals surface area contributed by atoms with Crippen LogP contribution < -0.4 is 0 Å². The van der Waals surface area contributed by atoms with Crippen LogP contribution in [0.25, 0.3) is 0 Å². The molecule has 0 saturated carbocycles. The number of hydrogen-bond donors (Lipinski definition) is 1. The van der Waals surface area contributed by atoms with Crippen molar-refractivity contribution in [3.8, 4) is 0 Å². The zero-order valence-electron chi connectivity index (χ0n) is 8.96. The van der Waals surface area contributed by atoms with E-state index in [2.05, 4.69) is 4.98 Å². The van der Waals surface area contributed by atoms with Gasteiger partial charge in [0.15, 0.2) is 0 Å². The molecule has 0 amide bonds. The lowest BCUT2D eigenvalue weighted by molar-refractivity contribution is -0.137. The molecule has 0 fully saturated rings. The molecule has 5 nitrogen and oxygen atoms in total. The Morgan fingerprint density at radius 2 is 2.33 bits per heavy atom. The molecule has 0 radical (unpaired) electrons. The van der Waals surface area contributed by atoms with Gasteiger partial charge in [0.05, 0.1) is 12.7 Å². The number of carboxylic acid groups (broad SMARTS) is 1. The predicted octanol–water partition coefficient (Wildman–Crippen LogP) is 0.680. The average Bonchev–Trinajstić information content (AvgIpc) is 2.67. The van der Waals surface area contributed by atoms with Crippen LogP contribution in [0.5, 0.6) is 0 Å². The van der Waals surface area contributed by atoms with Crippen LogP contribution in [0, 0.1) is 0 Å². The molecule has 15 heavy (non-hydrogen) atoms. The summed E-state index contributed by atoms with van der Waals surface area (Å²) in [6.45, 7) is 2.45. The average molecular weight is 211 g/mol. The van der Waals surface area contributed by atoms with Crippen LogP contribution in [0.2, 0.25) is 0 Å². The van der Waals surface area contributed by atoms with E-state index in [1.165, 1.54) is 0 Å². The Balaban J connectivity index is 2.06. The first-order valence-electron chi connectivity index (χ1n) is 5.04. The molecule has 1 heterocycles.